The van der Waals surface area contributed by atoms with Gasteiger partial charge in [-0.3, -0.25) is 14.5 Å². The maximum Gasteiger partial charge on any atom is 0.357 e. The predicted molar refractivity (Wildman–Crippen MR) is 177 cm³/mol. The Kier molecular flexibility index (Phi) is 15.3. The molecule has 0 bridgehead atoms. The Morgan fingerprint density at radius 2 is 1.77 bits per heavy atom. The van der Waals surface area contributed by atoms with E-state index in [2.05, 4.69) is 56.7 Å². The Bertz CT molecular complexity index is 1020. The first-order valence-electron chi connectivity index (χ1n) is 16.5. The molecule has 2 heterocycles. The standard InChI is InChI=1S/C32H58N4O5SSi/c1-11-23(8)28(34-29(37)25-18-16-17-19-35(25)9)31(38)36(10)26(22(6)7)20-27(41-43(13-3,14-4)15-5)30-33-24(21-42-30)32(39)40-12-2/h21-23,25-28H,11-20H2,1-10H3,(H,34,37)/t23-,25+,26+,27+,28-/m0/s1. The third-order valence-corrected chi connectivity index (χ3v) is 15.1. The lowest BCUT2D eigenvalue weighted by molar-refractivity contribution is -0.141. The van der Waals surface area contributed by atoms with Gasteiger partial charge in [-0.1, -0.05) is 61.3 Å². The third kappa shape index (κ3) is 9.83. The number of ether oxygens (including phenoxy) is 1. The Labute approximate surface area is 265 Å². The number of carbonyl (C=O) groups is 3. The zero-order chi connectivity index (χ0) is 32.3. The van der Waals surface area contributed by atoms with E-state index in [0.29, 0.717) is 12.1 Å². The summed E-state index contributed by atoms with van der Waals surface area (Å²) in [5.74, 6) is -0.454. The number of piperidine rings is 1. The first-order chi connectivity index (χ1) is 20.4. The molecule has 9 nitrogen and oxygen atoms in total. The van der Waals surface area contributed by atoms with Gasteiger partial charge in [0.15, 0.2) is 14.0 Å². The van der Waals surface area contributed by atoms with Crippen LogP contribution in [0.1, 0.15) is 109 Å². The van der Waals surface area contributed by atoms with E-state index >= 15 is 0 Å². The molecule has 2 amide bonds. The minimum Gasteiger partial charge on any atom is -0.461 e. The van der Waals surface area contributed by atoms with Crippen molar-refractivity contribution >= 4 is 37.4 Å². The number of nitrogens with zero attached hydrogens (tertiary/aromatic N) is 3. The number of amides is 2. The van der Waals surface area contributed by atoms with E-state index in [4.69, 9.17) is 9.16 Å². The molecule has 1 N–H and O–H groups in total. The van der Waals surface area contributed by atoms with Gasteiger partial charge in [0.05, 0.1) is 18.8 Å². The van der Waals surface area contributed by atoms with Crippen LogP contribution in [0.3, 0.4) is 0 Å². The van der Waals surface area contributed by atoms with Crippen molar-refractivity contribution in [3.05, 3.63) is 16.1 Å². The van der Waals surface area contributed by atoms with Crippen LogP contribution in [-0.2, 0) is 18.8 Å². The average Bonchev–Trinajstić information content (AvgIpc) is 3.50. The molecule has 5 atom stereocenters. The first kappa shape index (κ1) is 37.4. The summed E-state index contributed by atoms with van der Waals surface area (Å²) in [4.78, 5) is 48.7. The second kappa shape index (κ2) is 17.6. The summed E-state index contributed by atoms with van der Waals surface area (Å²) in [6.45, 7) is 17.9. The molecule has 1 aromatic rings. The molecule has 0 radical (unpaired) electrons. The van der Waals surface area contributed by atoms with Gasteiger partial charge in [0, 0.05) is 18.5 Å². The fraction of sp³-hybridized carbons (Fsp3) is 0.812. The first-order valence-corrected chi connectivity index (χ1v) is 19.9. The highest BCUT2D eigenvalue weighted by Crippen LogP contribution is 2.36. The fourth-order valence-corrected chi connectivity index (χ4v) is 9.78. The number of hydrogen-bond donors (Lipinski definition) is 1. The molecule has 43 heavy (non-hydrogen) atoms. The van der Waals surface area contributed by atoms with E-state index in [1.807, 2.05) is 25.9 Å². The molecule has 11 heteroatoms. The summed E-state index contributed by atoms with van der Waals surface area (Å²) < 4.78 is 12.2. The number of likely N-dealkylation sites (tertiary alicyclic amines) is 1. The van der Waals surface area contributed by atoms with Gasteiger partial charge in [-0.2, -0.15) is 0 Å². The molecule has 0 aliphatic carbocycles. The van der Waals surface area contributed by atoms with Crippen LogP contribution in [0.2, 0.25) is 18.1 Å². The van der Waals surface area contributed by atoms with Crippen molar-refractivity contribution < 1.29 is 23.5 Å². The highest BCUT2D eigenvalue weighted by atomic mass is 32.1. The van der Waals surface area contributed by atoms with E-state index in [1.54, 1.807) is 12.3 Å². The Balaban J connectivity index is 2.40. The molecule has 1 aliphatic heterocycles. The van der Waals surface area contributed by atoms with Crippen molar-refractivity contribution in [1.29, 1.82) is 0 Å². The monoisotopic (exact) mass is 638 g/mol. The van der Waals surface area contributed by atoms with Crippen LogP contribution in [-0.4, -0.2) is 86.3 Å². The number of carbonyl (C=O) groups excluding carboxylic acids is 3. The van der Waals surface area contributed by atoms with Crippen LogP contribution < -0.4 is 5.32 Å². The van der Waals surface area contributed by atoms with Crippen molar-refractivity contribution in [2.75, 3.05) is 27.2 Å². The average molecular weight is 639 g/mol. The summed E-state index contributed by atoms with van der Waals surface area (Å²) in [5.41, 5.74) is 0.296. The van der Waals surface area contributed by atoms with Crippen LogP contribution in [0.5, 0.6) is 0 Å². The fourth-order valence-electron chi connectivity index (χ4n) is 6.05. The Morgan fingerprint density at radius 1 is 1.12 bits per heavy atom. The van der Waals surface area contributed by atoms with Gasteiger partial charge in [-0.15, -0.1) is 11.3 Å². The van der Waals surface area contributed by atoms with Crippen molar-refractivity contribution in [2.24, 2.45) is 11.8 Å². The van der Waals surface area contributed by atoms with Gasteiger partial charge in [-0.25, -0.2) is 9.78 Å². The SMILES string of the molecule is CCOC(=O)c1csc([C@@H](C[C@H](C(C)C)N(C)C(=O)[C@@H](NC(=O)[C@H]2CCCCN2C)[C@@H](C)CC)O[Si](CC)(CC)CC)n1. The molecule has 1 aliphatic rings. The predicted octanol–water partition coefficient (Wildman–Crippen LogP) is 6.27. The normalized spacial score (nSPS) is 19.0. The summed E-state index contributed by atoms with van der Waals surface area (Å²) in [6, 6.07) is 1.96. The summed E-state index contributed by atoms with van der Waals surface area (Å²) >= 11 is 1.42. The van der Waals surface area contributed by atoms with Crippen LogP contribution in [0, 0.1) is 11.8 Å². The topological polar surface area (TPSA) is 101 Å². The largest absolute Gasteiger partial charge is 0.461 e. The summed E-state index contributed by atoms with van der Waals surface area (Å²) in [5, 5.41) is 5.65. The lowest BCUT2D eigenvalue weighted by Gasteiger charge is -2.40. The molecular formula is C32H58N4O5SSi. The Morgan fingerprint density at radius 3 is 2.30 bits per heavy atom. The van der Waals surface area contributed by atoms with Gasteiger partial charge in [-0.05, 0) is 69.7 Å². The van der Waals surface area contributed by atoms with E-state index in [0.717, 1.165) is 55.4 Å². The lowest BCUT2D eigenvalue weighted by Crippen LogP contribution is -2.58. The smallest absolute Gasteiger partial charge is 0.357 e. The van der Waals surface area contributed by atoms with Crippen molar-refractivity contribution in [1.82, 2.24) is 20.1 Å². The molecule has 246 valence electrons. The second-order valence-corrected chi connectivity index (χ2v) is 18.1. The van der Waals surface area contributed by atoms with Gasteiger partial charge in [0.25, 0.3) is 0 Å². The van der Waals surface area contributed by atoms with E-state index in [1.165, 1.54) is 11.3 Å². The number of aromatic nitrogens is 1. The minimum atomic E-state index is -2.07. The number of nitrogens with one attached hydrogen (secondary N) is 1. The summed E-state index contributed by atoms with van der Waals surface area (Å²) in [7, 11) is 1.78. The maximum atomic E-state index is 14.2. The van der Waals surface area contributed by atoms with E-state index in [9.17, 15) is 14.4 Å². The van der Waals surface area contributed by atoms with Gasteiger partial charge >= 0.3 is 5.97 Å². The zero-order valence-corrected chi connectivity index (χ0v) is 30.2. The molecule has 1 aromatic heterocycles. The van der Waals surface area contributed by atoms with E-state index in [-0.39, 0.29) is 48.4 Å². The number of esters is 1. The van der Waals surface area contributed by atoms with Gasteiger partial charge in [0.2, 0.25) is 11.8 Å². The number of rotatable bonds is 17. The second-order valence-electron chi connectivity index (χ2n) is 12.5. The van der Waals surface area contributed by atoms with Crippen LogP contribution in [0.4, 0.5) is 0 Å². The molecule has 1 saturated heterocycles. The van der Waals surface area contributed by atoms with E-state index < -0.39 is 20.3 Å². The maximum absolute atomic E-state index is 14.2. The molecule has 0 unspecified atom stereocenters. The lowest BCUT2D eigenvalue weighted by atomic mass is 9.92. The van der Waals surface area contributed by atoms with Crippen LogP contribution >= 0.6 is 11.3 Å². The molecule has 0 spiro atoms. The van der Waals surface area contributed by atoms with Crippen molar-refractivity contribution in [2.45, 2.75) is 130 Å². The van der Waals surface area contributed by atoms with Crippen LogP contribution in [0.25, 0.3) is 0 Å². The highest BCUT2D eigenvalue weighted by molar-refractivity contribution is 7.09. The van der Waals surface area contributed by atoms with Gasteiger partial charge < -0.3 is 19.4 Å². The van der Waals surface area contributed by atoms with Crippen molar-refractivity contribution in [3.8, 4) is 0 Å². The molecule has 0 saturated carbocycles. The number of hydrogen-bond acceptors (Lipinski definition) is 8. The molecular weight excluding hydrogens is 581 g/mol. The number of thiazole rings is 1. The van der Waals surface area contributed by atoms with Crippen molar-refractivity contribution in [3.63, 3.8) is 0 Å². The Hall–Kier alpha value is -1.82. The van der Waals surface area contributed by atoms with Gasteiger partial charge in [0.1, 0.15) is 11.0 Å². The third-order valence-electron chi connectivity index (χ3n) is 9.53. The highest BCUT2D eigenvalue weighted by Gasteiger charge is 2.39. The zero-order valence-electron chi connectivity index (χ0n) is 28.4. The number of likely N-dealkylation sites (N-methyl/N-ethyl adjacent to an activating group) is 2. The quantitative estimate of drug-likeness (QED) is 0.159. The minimum absolute atomic E-state index is 0.0147. The summed E-state index contributed by atoms with van der Waals surface area (Å²) in [6.07, 6.45) is 3.90. The van der Waals surface area contributed by atoms with Crippen LogP contribution in [0.15, 0.2) is 5.38 Å². The molecule has 0 aromatic carbocycles. The molecule has 2 rings (SSSR count). The molecule has 1 fully saturated rings.